The molecule has 0 fully saturated rings. The summed E-state index contributed by atoms with van der Waals surface area (Å²) in [5.41, 5.74) is 2.19. The Kier molecular flexibility index (Phi) is 7.23. The van der Waals surface area contributed by atoms with Crippen LogP contribution >= 0.6 is 11.6 Å². The third-order valence-corrected chi connectivity index (χ3v) is 3.67. The van der Waals surface area contributed by atoms with Gasteiger partial charge in [-0.1, -0.05) is 35.9 Å². The summed E-state index contributed by atoms with van der Waals surface area (Å²) in [7, 11) is 1.68. The number of methoxy groups -OCH3 is 1. The number of benzene rings is 1. The van der Waals surface area contributed by atoms with Crippen LogP contribution in [0.15, 0.2) is 42.6 Å². The van der Waals surface area contributed by atoms with Gasteiger partial charge < -0.3 is 14.0 Å². The van der Waals surface area contributed by atoms with Crippen LogP contribution in [0.3, 0.4) is 0 Å². The van der Waals surface area contributed by atoms with Crippen molar-refractivity contribution in [2.45, 2.75) is 13.0 Å². The molecule has 4 heteroatoms. The standard InChI is InChI=1S/C18H22ClNO2/c1-21-14-15-22-13-5-12-20-11-4-7-17(20)10-9-16-6-2-3-8-18(16)19/h2-4,6-11H,5,12-15H2,1H3. The number of rotatable bonds is 9. The first-order valence-corrected chi connectivity index (χ1v) is 7.83. The van der Waals surface area contributed by atoms with E-state index in [-0.39, 0.29) is 0 Å². The largest absolute Gasteiger partial charge is 0.382 e. The average molecular weight is 320 g/mol. The summed E-state index contributed by atoms with van der Waals surface area (Å²) in [6, 6.07) is 12.0. The van der Waals surface area contributed by atoms with Crippen molar-refractivity contribution >= 4 is 23.8 Å². The van der Waals surface area contributed by atoms with Gasteiger partial charge in [-0.15, -0.1) is 0 Å². The van der Waals surface area contributed by atoms with Gasteiger partial charge in [0.2, 0.25) is 0 Å². The third kappa shape index (κ3) is 5.34. The molecule has 2 aromatic rings. The molecule has 0 saturated heterocycles. The predicted octanol–water partition coefficient (Wildman–Crippen LogP) is 4.37. The number of aryl methyl sites for hydroxylation is 1. The molecule has 1 aromatic carbocycles. The number of hydrogen-bond acceptors (Lipinski definition) is 2. The van der Waals surface area contributed by atoms with Gasteiger partial charge in [0.1, 0.15) is 0 Å². The number of ether oxygens (including phenoxy) is 2. The SMILES string of the molecule is COCCOCCCn1cccc1C=Cc1ccccc1Cl. The molecule has 0 N–H and O–H groups in total. The fraction of sp³-hybridized carbons (Fsp3) is 0.333. The zero-order valence-electron chi connectivity index (χ0n) is 12.9. The van der Waals surface area contributed by atoms with E-state index in [2.05, 4.69) is 29.0 Å². The summed E-state index contributed by atoms with van der Waals surface area (Å²) in [6.07, 6.45) is 7.20. The van der Waals surface area contributed by atoms with Crippen molar-refractivity contribution in [2.24, 2.45) is 0 Å². The maximum atomic E-state index is 6.16. The lowest BCUT2D eigenvalue weighted by Gasteiger charge is -2.07. The topological polar surface area (TPSA) is 23.4 Å². The van der Waals surface area contributed by atoms with E-state index in [4.69, 9.17) is 21.1 Å². The van der Waals surface area contributed by atoms with Gasteiger partial charge >= 0.3 is 0 Å². The lowest BCUT2D eigenvalue weighted by atomic mass is 10.2. The Bertz CT molecular complexity index is 592. The minimum atomic E-state index is 0.648. The fourth-order valence-corrected chi connectivity index (χ4v) is 2.35. The molecule has 0 spiro atoms. The van der Waals surface area contributed by atoms with Crippen LogP contribution in [-0.2, 0) is 16.0 Å². The van der Waals surface area contributed by atoms with E-state index in [1.807, 2.05) is 30.3 Å². The summed E-state index contributed by atoms with van der Waals surface area (Å²) in [5.74, 6) is 0. The maximum absolute atomic E-state index is 6.16. The Balaban J connectivity index is 1.86. The molecule has 3 nitrogen and oxygen atoms in total. The minimum Gasteiger partial charge on any atom is -0.382 e. The maximum Gasteiger partial charge on any atom is 0.0700 e. The molecular formula is C18H22ClNO2. The molecule has 0 aliphatic heterocycles. The minimum absolute atomic E-state index is 0.648. The monoisotopic (exact) mass is 319 g/mol. The number of halogens is 1. The molecule has 2 rings (SSSR count). The van der Waals surface area contributed by atoms with Gasteiger partial charge in [0.25, 0.3) is 0 Å². The fourth-order valence-electron chi connectivity index (χ4n) is 2.15. The highest BCUT2D eigenvalue weighted by Gasteiger charge is 1.99. The van der Waals surface area contributed by atoms with Crippen molar-refractivity contribution in [3.63, 3.8) is 0 Å². The van der Waals surface area contributed by atoms with Gasteiger partial charge in [-0.3, -0.25) is 0 Å². The van der Waals surface area contributed by atoms with E-state index in [1.54, 1.807) is 7.11 Å². The average Bonchev–Trinajstić information content (AvgIpc) is 2.97. The molecular weight excluding hydrogens is 298 g/mol. The zero-order chi connectivity index (χ0) is 15.6. The van der Waals surface area contributed by atoms with Crippen LogP contribution in [0.1, 0.15) is 17.7 Å². The first-order valence-electron chi connectivity index (χ1n) is 7.45. The van der Waals surface area contributed by atoms with E-state index in [0.717, 1.165) is 35.9 Å². The highest BCUT2D eigenvalue weighted by Crippen LogP contribution is 2.18. The van der Waals surface area contributed by atoms with Crippen molar-refractivity contribution in [3.8, 4) is 0 Å². The number of nitrogens with zero attached hydrogens (tertiary/aromatic N) is 1. The molecule has 0 aliphatic rings. The smallest absolute Gasteiger partial charge is 0.0700 e. The van der Waals surface area contributed by atoms with Gasteiger partial charge in [0.05, 0.1) is 13.2 Å². The van der Waals surface area contributed by atoms with Gasteiger partial charge in [-0.25, -0.2) is 0 Å². The van der Waals surface area contributed by atoms with Crippen LogP contribution in [0.25, 0.3) is 12.2 Å². The van der Waals surface area contributed by atoms with E-state index in [1.165, 1.54) is 0 Å². The molecule has 1 heterocycles. The van der Waals surface area contributed by atoms with Crippen molar-refractivity contribution in [2.75, 3.05) is 26.9 Å². The molecule has 0 bridgehead atoms. The van der Waals surface area contributed by atoms with Crippen molar-refractivity contribution in [3.05, 3.63) is 58.9 Å². The molecule has 0 saturated carbocycles. The third-order valence-electron chi connectivity index (χ3n) is 3.32. The summed E-state index contributed by atoms with van der Waals surface area (Å²) in [5, 5.41) is 0.767. The van der Waals surface area contributed by atoms with Crippen LogP contribution in [0.4, 0.5) is 0 Å². The first kappa shape index (κ1) is 16.8. The van der Waals surface area contributed by atoms with Crippen LogP contribution < -0.4 is 0 Å². The second kappa shape index (κ2) is 9.46. The molecule has 22 heavy (non-hydrogen) atoms. The Morgan fingerprint density at radius 1 is 1.05 bits per heavy atom. The van der Waals surface area contributed by atoms with Gasteiger partial charge in [0.15, 0.2) is 0 Å². The number of aromatic nitrogens is 1. The van der Waals surface area contributed by atoms with Gasteiger partial charge in [-0.2, -0.15) is 0 Å². The second-order valence-corrected chi connectivity index (χ2v) is 5.35. The Morgan fingerprint density at radius 2 is 1.91 bits per heavy atom. The van der Waals surface area contributed by atoms with Gasteiger partial charge in [0, 0.05) is 37.2 Å². The number of hydrogen-bond donors (Lipinski definition) is 0. The zero-order valence-corrected chi connectivity index (χ0v) is 13.6. The molecule has 0 radical (unpaired) electrons. The highest BCUT2D eigenvalue weighted by molar-refractivity contribution is 6.32. The predicted molar refractivity (Wildman–Crippen MR) is 92.1 cm³/mol. The lowest BCUT2D eigenvalue weighted by molar-refractivity contribution is 0.0680. The lowest BCUT2D eigenvalue weighted by Crippen LogP contribution is -2.06. The summed E-state index contributed by atoms with van der Waals surface area (Å²) in [6.45, 7) is 2.98. The molecule has 0 aliphatic carbocycles. The van der Waals surface area contributed by atoms with Crippen LogP contribution in [-0.4, -0.2) is 31.5 Å². The molecule has 118 valence electrons. The Hall–Kier alpha value is -1.55. The van der Waals surface area contributed by atoms with Crippen molar-refractivity contribution < 1.29 is 9.47 Å². The first-order chi connectivity index (χ1) is 10.8. The van der Waals surface area contributed by atoms with E-state index in [0.29, 0.717) is 13.2 Å². The van der Waals surface area contributed by atoms with E-state index in [9.17, 15) is 0 Å². The van der Waals surface area contributed by atoms with Crippen molar-refractivity contribution in [1.82, 2.24) is 4.57 Å². The summed E-state index contributed by atoms with van der Waals surface area (Å²) in [4.78, 5) is 0. The Morgan fingerprint density at radius 3 is 2.73 bits per heavy atom. The van der Waals surface area contributed by atoms with Crippen LogP contribution in [0.5, 0.6) is 0 Å². The second-order valence-electron chi connectivity index (χ2n) is 4.94. The highest BCUT2D eigenvalue weighted by atomic mass is 35.5. The molecule has 0 unspecified atom stereocenters. The van der Waals surface area contributed by atoms with Gasteiger partial charge in [-0.05, 0) is 36.3 Å². The Labute approximate surface area is 137 Å². The quantitative estimate of drug-likeness (QED) is 0.641. The molecule has 0 atom stereocenters. The van der Waals surface area contributed by atoms with Crippen molar-refractivity contribution in [1.29, 1.82) is 0 Å². The van der Waals surface area contributed by atoms with E-state index < -0.39 is 0 Å². The van der Waals surface area contributed by atoms with Crippen LogP contribution in [0, 0.1) is 0 Å². The normalized spacial score (nSPS) is 11.4. The molecule has 0 amide bonds. The van der Waals surface area contributed by atoms with Crippen LogP contribution in [0.2, 0.25) is 5.02 Å². The summed E-state index contributed by atoms with van der Waals surface area (Å²) >= 11 is 6.16. The molecule has 1 aromatic heterocycles. The summed E-state index contributed by atoms with van der Waals surface area (Å²) < 4.78 is 12.6. The van der Waals surface area contributed by atoms with E-state index >= 15 is 0 Å².